The van der Waals surface area contributed by atoms with Crippen LogP contribution in [-0.4, -0.2) is 46.6 Å². The molecule has 0 aliphatic carbocycles. The molecule has 8 nitrogen and oxygen atoms in total. The molecule has 0 atom stereocenters. The number of halogens is 1. The van der Waals surface area contributed by atoms with E-state index in [0.717, 1.165) is 48.7 Å². The first-order chi connectivity index (χ1) is 14.0. The number of furan rings is 1. The van der Waals surface area contributed by atoms with Crippen LogP contribution in [0, 0.1) is 0 Å². The second-order valence-corrected chi connectivity index (χ2v) is 8.08. The highest BCUT2D eigenvalue weighted by Gasteiger charge is 2.27. The third-order valence-corrected chi connectivity index (χ3v) is 5.71. The zero-order valence-electron chi connectivity index (χ0n) is 15.7. The molecule has 29 heavy (non-hydrogen) atoms. The lowest BCUT2D eigenvalue weighted by molar-refractivity contribution is 0.0780. The standard InChI is InChI=1S/C20H18BrN5O3/c1-24-5-4-12-8-14(2-3-15(12)20(24)28)25-6-7-26-18(25)10-17(23-26)22-19(27)16-9-13(21)11-29-16/h2-3,8-11H,4-7H2,1H3,(H,22,23,27). The van der Waals surface area contributed by atoms with Crippen molar-refractivity contribution in [2.75, 3.05) is 30.4 Å². The SMILES string of the molecule is CN1CCc2cc(N3CCn4nc(NC(=O)c5cc(Br)co5)cc43)ccc2C1=O. The van der Waals surface area contributed by atoms with Crippen LogP contribution in [0.5, 0.6) is 0 Å². The molecule has 0 saturated carbocycles. The monoisotopic (exact) mass is 455 g/mol. The molecule has 1 aromatic carbocycles. The number of carbonyl (C=O) groups is 2. The lowest BCUT2D eigenvalue weighted by Crippen LogP contribution is -2.34. The lowest BCUT2D eigenvalue weighted by atomic mass is 9.98. The van der Waals surface area contributed by atoms with Crippen LogP contribution in [0.15, 0.2) is 45.5 Å². The van der Waals surface area contributed by atoms with Gasteiger partial charge in [-0.25, -0.2) is 4.68 Å². The van der Waals surface area contributed by atoms with E-state index in [1.54, 1.807) is 11.0 Å². The van der Waals surface area contributed by atoms with Gasteiger partial charge in [-0.2, -0.15) is 5.10 Å². The minimum absolute atomic E-state index is 0.0684. The molecule has 9 heteroatoms. The second kappa shape index (κ2) is 6.77. The number of amides is 2. The number of aromatic nitrogens is 2. The quantitative estimate of drug-likeness (QED) is 0.654. The van der Waals surface area contributed by atoms with Crippen molar-refractivity contribution in [2.45, 2.75) is 13.0 Å². The van der Waals surface area contributed by atoms with Crippen molar-refractivity contribution in [3.8, 4) is 0 Å². The minimum atomic E-state index is -0.351. The van der Waals surface area contributed by atoms with Gasteiger partial charge in [0.1, 0.15) is 12.1 Å². The van der Waals surface area contributed by atoms with Crippen molar-refractivity contribution < 1.29 is 14.0 Å². The van der Waals surface area contributed by atoms with Crippen molar-refractivity contribution in [2.24, 2.45) is 0 Å². The molecule has 4 heterocycles. The van der Waals surface area contributed by atoms with Gasteiger partial charge in [0.2, 0.25) is 0 Å². The third kappa shape index (κ3) is 3.11. The van der Waals surface area contributed by atoms with E-state index < -0.39 is 0 Å². The number of hydrogen-bond donors (Lipinski definition) is 1. The van der Waals surface area contributed by atoms with Gasteiger partial charge in [-0.05, 0) is 46.1 Å². The molecule has 2 aliphatic rings. The first-order valence-electron chi connectivity index (χ1n) is 9.29. The van der Waals surface area contributed by atoms with Gasteiger partial charge in [0.05, 0.1) is 11.0 Å². The molecule has 2 aliphatic heterocycles. The Balaban J connectivity index is 1.39. The van der Waals surface area contributed by atoms with Gasteiger partial charge < -0.3 is 19.5 Å². The number of rotatable bonds is 3. The molecule has 2 amide bonds. The topological polar surface area (TPSA) is 83.6 Å². The van der Waals surface area contributed by atoms with E-state index in [1.807, 2.05) is 29.9 Å². The Hall–Kier alpha value is -3.07. The number of carbonyl (C=O) groups excluding carboxylic acids is 2. The Labute approximate surface area is 175 Å². The van der Waals surface area contributed by atoms with Gasteiger partial charge in [0.25, 0.3) is 11.8 Å². The summed E-state index contributed by atoms with van der Waals surface area (Å²) in [7, 11) is 1.83. The van der Waals surface area contributed by atoms with Gasteiger partial charge in [-0.15, -0.1) is 0 Å². The number of nitrogens with zero attached hydrogens (tertiary/aromatic N) is 4. The van der Waals surface area contributed by atoms with Gasteiger partial charge in [0.15, 0.2) is 11.6 Å². The summed E-state index contributed by atoms with van der Waals surface area (Å²) < 4.78 is 7.77. The second-order valence-electron chi connectivity index (χ2n) is 7.16. The van der Waals surface area contributed by atoms with Crippen molar-refractivity contribution in [1.82, 2.24) is 14.7 Å². The molecule has 5 rings (SSSR count). The number of benzene rings is 1. The highest BCUT2D eigenvalue weighted by Crippen LogP contribution is 2.34. The fraction of sp³-hybridized carbons (Fsp3) is 0.250. The van der Waals surface area contributed by atoms with Crippen LogP contribution in [0.4, 0.5) is 17.3 Å². The summed E-state index contributed by atoms with van der Waals surface area (Å²) in [4.78, 5) is 28.5. The Morgan fingerprint density at radius 3 is 2.86 bits per heavy atom. The summed E-state index contributed by atoms with van der Waals surface area (Å²) in [6.07, 6.45) is 2.31. The van der Waals surface area contributed by atoms with E-state index in [0.29, 0.717) is 10.3 Å². The van der Waals surface area contributed by atoms with E-state index in [-0.39, 0.29) is 17.6 Å². The molecule has 0 unspecified atom stereocenters. The van der Waals surface area contributed by atoms with E-state index in [9.17, 15) is 9.59 Å². The first kappa shape index (κ1) is 18.0. The van der Waals surface area contributed by atoms with Crippen LogP contribution in [0.2, 0.25) is 0 Å². The fourth-order valence-electron chi connectivity index (χ4n) is 3.79. The highest BCUT2D eigenvalue weighted by molar-refractivity contribution is 9.10. The maximum absolute atomic E-state index is 12.3. The van der Waals surface area contributed by atoms with E-state index >= 15 is 0 Å². The van der Waals surface area contributed by atoms with Gasteiger partial charge in [-0.1, -0.05) is 0 Å². The average molecular weight is 456 g/mol. The Morgan fingerprint density at radius 2 is 2.07 bits per heavy atom. The molecule has 3 aromatic rings. The van der Waals surface area contributed by atoms with Crippen LogP contribution in [0.25, 0.3) is 0 Å². The summed E-state index contributed by atoms with van der Waals surface area (Å²) in [5.74, 6) is 1.30. The number of fused-ring (bicyclic) bond motifs is 2. The predicted molar refractivity (Wildman–Crippen MR) is 111 cm³/mol. The normalized spacial score (nSPS) is 15.4. The van der Waals surface area contributed by atoms with E-state index in [1.165, 1.54) is 6.26 Å². The van der Waals surface area contributed by atoms with Crippen molar-refractivity contribution in [3.05, 3.63) is 58.0 Å². The highest BCUT2D eigenvalue weighted by atomic mass is 79.9. The Bertz CT molecular complexity index is 1140. The molecular formula is C20H18BrN5O3. The molecule has 0 radical (unpaired) electrons. The summed E-state index contributed by atoms with van der Waals surface area (Å²) in [6.45, 7) is 2.23. The van der Waals surface area contributed by atoms with E-state index in [4.69, 9.17) is 4.42 Å². The first-order valence-corrected chi connectivity index (χ1v) is 10.1. The largest absolute Gasteiger partial charge is 0.458 e. The number of likely N-dealkylation sites (N-methyl/N-ethyl adjacent to an activating group) is 1. The Kier molecular flexibility index (Phi) is 4.20. The molecule has 0 saturated heterocycles. The summed E-state index contributed by atoms with van der Waals surface area (Å²) in [6, 6.07) is 9.41. The maximum atomic E-state index is 12.3. The third-order valence-electron chi connectivity index (χ3n) is 5.30. The van der Waals surface area contributed by atoms with Crippen LogP contribution in [0.3, 0.4) is 0 Å². The zero-order chi connectivity index (χ0) is 20.1. The summed E-state index contributed by atoms with van der Waals surface area (Å²) >= 11 is 3.26. The van der Waals surface area contributed by atoms with Crippen molar-refractivity contribution >= 4 is 45.1 Å². The molecule has 0 spiro atoms. The predicted octanol–water partition coefficient (Wildman–Crippen LogP) is 3.27. The smallest absolute Gasteiger partial charge is 0.292 e. The van der Waals surface area contributed by atoms with E-state index in [2.05, 4.69) is 37.3 Å². The van der Waals surface area contributed by atoms with Gasteiger partial charge in [-0.3, -0.25) is 9.59 Å². The van der Waals surface area contributed by atoms with Gasteiger partial charge in [0, 0.05) is 43.5 Å². The minimum Gasteiger partial charge on any atom is -0.458 e. The molecule has 0 fully saturated rings. The number of anilines is 3. The molecule has 148 valence electrons. The van der Waals surface area contributed by atoms with Crippen molar-refractivity contribution in [3.63, 3.8) is 0 Å². The molecule has 2 aromatic heterocycles. The fourth-order valence-corrected chi connectivity index (χ4v) is 4.09. The molecular weight excluding hydrogens is 438 g/mol. The lowest BCUT2D eigenvalue weighted by Gasteiger charge is -2.26. The number of nitrogens with one attached hydrogen (secondary N) is 1. The summed E-state index contributed by atoms with van der Waals surface area (Å²) in [5.41, 5.74) is 2.86. The Morgan fingerprint density at radius 1 is 1.21 bits per heavy atom. The molecule has 0 bridgehead atoms. The maximum Gasteiger partial charge on any atom is 0.292 e. The zero-order valence-corrected chi connectivity index (χ0v) is 17.3. The van der Waals surface area contributed by atoms with Crippen LogP contribution < -0.4 is 10.2 Å². The van der Waals surface area contributed by atoms with Gasteiger partial charge >= 0.3 is 0 Å². The summed E-state index contributed by atoms with van der Waals surface area (Å²) in [5, 5.41) is 7.25. The van der Waals surface area contributed by atoms with Crippen LogP contribution >= 0.6 is 15.9 Å². The van der Waals surface area contributed by atoms with Crippen LogP contribution in [-0.2, 0) is 13.0 Å². The average Bonchev–Trinajstić information content (AvgIpc) is 3.40. The number of hydrogen-bond acceptors (Lipinski definition) is 5. The molecule has 1 N–H and O–H groups in total. The van der Waals surface area contributed by atoms with Crippen LogP contribution in [0.1, 0.15) is 26.5 Å². The van der Waals surface area contributed by atoms with Crippen molar-refractivity contribution in [1.29, 1.82) is 0 Å².